The molecule has 2 aromatic rings. The number of carbonyl (C=O) groups is 1. The van der Waals surface area contributed by atoms with Crippen LogP contribution in [0.4, 0.5) is 9.93 Å². The van der Waals surface area contributed by atoms with E-state index >= 15 is 0 Å². The Morgan fingerprint density at radius 2 is 2.04 bits per heavy atom. The molecule has 25 heavy (non-hydrogen) atoms. The van der Waals surface area contributed by atoms with Gasteiger partial charge in [-0.25, -0.2) is 9.78 Å². The Bertz CT molecular complexity index is 728. The second-order valence-electron chi connectivity index (χ2n) is 7.04. The van der Waals surface area contributed by atoms with Crippen molar-refractivity contribution in [3.8, 4) is 0 Å². The van der Waals surface area contributed by atoms with E-state index in [0.29, 0.717) is 11.0 Å². The van der Waals surface area contributed by atoms with Gasteiger partial charge in [-0.2, -0.15) is 0 Å². The number of urea groups is 1. The van der Waals surface area contributed by atoms with Crippen LogP contribution in [0.15, 0.2) is 35.7 Å². The van der Waals surface area contributed by atoms with E-state index in [1.54, 1.807) is 0 Å². The van der Waals surface area contributed by atoms with Crippen molar-refractivity contribution >= 4 is 22.5 Å². The lowest BCUT2D eigenvalue weighted by Gasteiger charge is -2.26. The topological polar surface area (TPSA) is 57.3 Å². The first-order valence-electron chi connectivity index (χ1n) is 8.99. The Hall–Kier alpha value is -1.92. The molecule has 0 bridgehead atoms. The van der Waals surface area contributed by atoms with Gasteiger partial charge in [-0.05, 0) is 31.9 Å². The van der Waals surface area contributed by atoms with Gasteiger partial charge in [0.2, 0.25) is 0 Å². The summed E-state index contributed by atoms with van der Waals surface area (Å²) < 4.78 is 0. The molecule has 0 spiro atoms. The zero-order valence-electron chi connectivity index (χ0n) is 14.4. The van der Waals surface area contributed by atoms with Crippen LogP contribution < -0.4 is 10.6 Å². The van der Waals surface area contributed by atoms with E-state index < -0.39 is 0 Å². The molecule has 2 aliphatic rings. The Morgan fingerprint density at radius 1 is 1.24 bits per heavy atom. The highest BCUT2D eigenvalue weighted by molar-refractivity contribution is 7.13. The Balaban J connectivity index is 1.38. The first kappa shape index (κ1) is 16.5. The van der Waals surface area contributed by atoms with E-state index in [1.165, 1.54) is 36.2 Å². The summed E-state index contributed by atoms with van der Waals surface area (Å²) in [5, 5.41) is 8.84. The highest BCUT2D eigenvalue weighted by atomic mass is 32.1. The number of likely N-dealkylation sites (N-methyl/N-ethyl adjacent to an activating group) is 1. The lowest BCUT2D eigenvalue weighted by atomic mass is 9.83. The SMILES string of the molecule is CN1CCC(NC(=O)Nc2nc(C3CCC3)cs2)C1c1ccccc1. The molecule has 1 saturated heterocycles. The molecular formula is C19H24N4OS. The number of hydrogen-bond donors (Lipinski definition) is 2. The number of likely N-dealkylation sites (tertiary alicyclic amines) is 1. The van der Waals surface area contributed by atoms with Crippen LogP contribution in [0.5, 0.6) is 0 Å². The highest BCUT2D eigenvalue weighted by Gasteiger charge is 2.34. The Kier molecular flexibility index (Phi) is 4.72. The van der Waals surface area contributed by atoms with Crippen LogP contribution in [0.25, 0.3) is 0 Å². The van der Waals surface area contributed by atoms with Gasteiger partial charge in [0.05, 0.1) is 17.8 Å². The standard InChI is InChI=1S/C19H24N4OS/c1-23-11-10-15(17(23)14-6-3-2-4-7-14)20-18(24)22-19-21-16(12-25-19)13-8-5-9-13/h2-4,6-7,12-13,15,17H,5,8-11H2,1H3,(H2,20,21,22,24). The quantitative estimate of drug-likeness (QED) is 0.871. The molecule has 1 aromatic heterocycles. The van der Waals surface area contributed by atoms with Crippen molar-refractivity contribution in [3.63, 3.8) is 0 Å². The van der Waals surface area contributed by atoms with E-state index in [2.05, 4.69) is 57.2 Å². The fourth-order valence-electron chi connectivity index (χ4n) is 3.77. The molecule has 2 atom stereocenters. The van der Waals surface area contributed by atoms with Gasteiger partial charge in [0.15, 0.2) is 5.13 Å². The summed E-state index contributed by atoms with van der Waals surface area (Å²) in [6, 6.07) is 10.6. The second-order valence-corrected chi connectivity index (χ2v) is 7.89. The lowest BCUT2D eigenvalue weighted by molar-refractivity contribution is 0.240. The molecule has 2 unspecified atom stereocenters. The molecule has 2 amide bonds. The number of hydrogen-bond acceptors (Lipinski definition) is 4. The molecule has 4 rings (SSSR count). The summed E-state index contributed by atoms with van der Waals surface area (Å²) in [6.45, 7) is 0.980. The van der Waals surface area contributed by atoms with Crippen molar-refractivity contribution in [3.05, 3.63) is 47.0 Å². The first-order chi connectivity index (χ1) is 12.2. The van der Waals surface area contributed by atoms with E-state index in [-0.39, 0.29) is 18.1 Å². The van der Waals surface area contributed by atoms with Crippen molar-refractivity contribution in [2.75, 3.05) is 18.9 Å². The third-order valence-electron chi connectivity index (χ3n) is 5.37. The van der Waals surface area contributed by atoms with Gasteiger partial charge < -0.3 is 5.32 Å². The van der Waals surface area contributed by atoms with Crippen LogP contribution in [0.1, 0.15) is 48.9 Å². The van der Waals surface area contributed by atoms with Gasteiger partial charge in [0.1, 0.15) is 0 Å². The third-order valence-corrected chi connectivity index (χ3v) is 6.15. The van der Waals surface area contributed by atoms with Gasteiger partial charge in [-0.3, -0.25) is 10.2 Å². The van der Waals surface area contributed by atoms with Crippen LogP contribution in [-0.4, -0.2) is 35.5 Å². The van der Waals surface area contributed by atoms with Gasteiger partial charge in [0, 0.05) is 17.8 Å². The minimum absolute atomic E-state index is 0.110. The normalized spacial score (nSPS) is 24.0. The average Bonchev–Trinajstić information content (AvgIpc) is 3.14. The zero-order valence-corrected chi connectivity index (χ0v) is 15.3. The van der Waals surface area contributed by atoms with Gasteiger partial charge in [-0.15, -0.1) is 11.3 Å². The zero-order chi connectivity index (χ0) is 17.2. The lowest BCUT2D eigenvalue weighted by Crippen LogP contribution is -2.41. The molecule has 2 fully saturated rings. The van der Waals surface area contributed by atoms with Crippen molar-refractivity contribution in [1.29, 1.82) is 0 Å². The molecule has 6 heteroatoms. The number of benzene rings is 1. The maximum Gasteiger partial charge on any atom is 0.321 e. The van der Waals surface area contributed by atoms with Crippen LogP contribution in [0, 0.1) is 0 Å². The van der Waals surface area contributed by atoms with E-state index in [1.807, 2.05) is 6.07 Å². The van der Waals surface area contributed by atoms with Gasteiger partial charge in [-0.1, -0.05) is 36.8 Å². The highest BCUT2D eigenvalue weighted by Crippen LogP contribution is 2.37. The maximum absolute atomic E-state index is 12.4. The molecule has 1 saturated carbocycles. The summed E-state index contributed by atoms with van der Waals surface area (Å²) in [7, 11) is 2.11. The molecule has 1 aromatic carbocycles. The average molecular weight is 356 g/mol. The third kappa shape index (κ3) is 3.55. The number of nitrogens with one attached hydrogen (secondary N) is 2. The largest absolute Gasteiger partial charge is 0.333 e. The number of anilines is 1. The summed E-state index contributed by atoms with van der Waals surface area (Å²) >= 11 is 1.52. The predicted octanol–water partition coefficient (Wildman–Crippen LogP) is 3.98. The van der Waals surface area contributed by atoms with Gasteiger partial charge in [0.25, 0.3) is 0 Å². The summed E-state index contributed by atoms with van der Waals surface area (Å²) in [5.41, 5.74) is 2.38. The number of thiazole rings is 1. The smallest absolute Gasteiger partial charge is 0.321 e. The monoisotopic (exact) mass is 356 g/mol. The van der Waals surface area contributed by atoms with Crippen LogP contribution in [0.2, 0.25) is 0 Å². The Labute approximate surface area is 152 Å². The Morgan fingerprint density at radius 3 is 2.76 bits per heavy atom. The number of rotatable bonds is 4. The fraction of sp³-hybridized carbons (Fsp3) is 0.474. The van der Waals surface area contributed by atoms with Crippen molar-refractivity contribution in [2.24, 2.45) is 0 Å². The van der Waals surface area contributed by atoms with E-state index in [0.717, 1.165) is 18.7 Å². The number of amides is 2. The first-order valence-corrected chi connectivity index (χ1v) is 9.87. The summed E-state index contributed by atoms with van der Waals surface area (Å²) in [6.07, 6.45) is 4.70. The molecule has 2 N–H and O–H groups in total. The minimum atomic E-state index is -0.157. The molecule has 1 aliphatic heterocycles. The van der Waals surface area contributed by atoms with Crippen molar-refractivity contribution in [1.82, 2.24) is 15.2 Å². The molecule has 0 radical (unpaired) electrons. The molecule has 2 heterocycles. The minimum Gasteiger partial charge on any atom is -0.333 e. The molecule has 132 valence electrons. The summed E-state index contributed by atoms with van der Waals surface area (Å²) in [4.78, 5) is 19.3. The predicted molar refractivity (Wildman–Crippen MR) is 101 cm³/mol. The van der Waals surface area contributed by atoms with Crippen molar-refractivity contribution in [2.45, 2.75) is 43.7 Å². The van der Waals surface area contributed by atoms with Gasteiger partial charge >= 0.3 is 6.03 Å². The van der Waals surface area contributed by atoms with Crippen LogP contribution in [-0.2, 0) is 0 Å². The number of nitrogens with zero attached hydrogens (tertiary/aromatic N) is 2. The number of aromatic nitrogens is 1. The molecule has 1 aliphatic carbocycles. The maximum atomic E-state index is 12.4. The van der Waals surface area contributed by atoms with Crippen molar-refractivity contribution < 1.29 is 4.79 Å². The molecular weight excluding hydrogens is 332 g/mol. The van der Waals surface area contributed by atoms with Crippen LogP contribution >= 0.6 is 11.3 Å². The molecule has 5 nitrogen and oxygen atoms in total. The van der Waals surface area contributed by atoms with E-state index in [9.17, 15) is 4.79 Å². The van der Waals surface area contributed by atoms with Crippen LogP contribution in [0.3, 0.4) is 0 Å². The second kappa shape index (κ2) is 7.14. The fourth-order valence-corrected chi connectivity index (χ4v) is 4.56. The summed E-state index contributed by atoms with van der Waals surface area (Å²) in [5.74, 6) is 0.598. The number of carbonyl (C=O) groups excluding carboxylic acids is 1. The van der Waals surface area contributed by atoms with E-state index in [4.69, 9.17) is 0 Å².